The quantitative estimate of drug-likeness (QED) is 0.854. The molecular weight excluding hydrogens is 266 g/mol. The molecule has 0 saturated carbocycles. The summed E-state index contributed by atoms with van der Waals surface area (Å²) in [7, 11) is 4.01. The average Bonchev–Trinajstić information content (AvgIpc) is 2.69. The van der Waals surface area contributed by atoms with Crippen molar-refractivity contribution < 1.29 is 10.2 Å². The number of aliphatic hydroxyl groups excluding tert-OH is 2. The van der Waals surface area contributed by atoms with Crippen molar-refractivity contribution in [2.45, 2.75) is 25.2 Å². The third kappa shape index (κ3) is 3.36. The second kappa shape index (κ2) is 6.05. The molecule has 1 aliphatic rings. The lowest BCUT2D eigenvalue weighted by atomic mass is 10.2. The first-order chi connectivity index (χ1) is 9.01. The van der Waals surface area contributed by atoms with Crippen LogP contribution in [0.4, 0.5) is 5.82 Å². The number of pyridine rings is 1. The maximum atomic E-state index is 9.86. The topological polar surface area (TPSA) is 59.8 Å². The molecule has 1 aliphatic heterocycles. The zero-order chi connectivity index (χ0) is 14.0. The molecule has 2 heterocycles. The number of halogens is 1. The lowest BCUT2D eigenvalue weighted by Crippen LogP contribution is -2.38. The Kier molecular flexibility index (Phi) is 4.62. The summed E-state index contributed by atoms with van der Waals surface area (Å²) in [5.74, 6) is 0.683. The molecule has 0 aliphatic carbocycles. The molecule has 0 radical (unpaired) electrons. The van der Waals surface area contributed by atoms with E-state index in [1.807, 2.05) is 19.0 Å². The number of anilines is 1. The fourth-order valence-corrected chi connectivity index (χ4v) is 2.81. The van der Waals surface area contributed by atoms with Crippen molar-refractivity contribution in [1.29, 1.82) is 0 Å². The van der Waals surface area contributed by atoms with Crippen LogP contribution in [0.5, 0.6) is 0 Å². The predicted octanol–water partition coefficient (Wildman–Crippen LogP) is 0.728. The highest BCUT2D eigenvalue weighted by Gasteiger charge is 2.33. The maximum absolute atomic E-state index is 9.86. The summed E-state index contributed by atoms with van der Waals surface area (Å²) in [5, 5.41) is 19.5. The van der Waals surface area contributed by atoms with E-state index in [1.165, 1.54) is 0 Å². The van der Waals surface area contributed by atoms with Crippen LogP contribution in [-0.2, 0) is 6.61 Å². The normalized spacial score (nSPS) is 23.4. The van der Waals surface area contributed by atoms with Crippen molar-refractivity contribution in [2.24, 2.45) is 0 Å². The van der Waals surface area contributed by atoms with E-state index in [-0.39, 0.29) is 18.8 Å². The van der Waals surface area contributed by atoms with Gasteiger partial charge in [0.05, 0.1) is 17.7 Å². The Balaban J connectivity index is 2.23. The second-order valence-corrected chi connectivity index (χ2v) is 5.67. The van der Waals surface area contributed by atoms with Gasteiger partial charge in [0.15, 0.2) is 0 Å². The van der Waals surface area contributed by atoms with Crippen LogP contribution in [0.1, 0.15) is 12.0 Å². The van der Waals surface area contributed by atoms with Crippen LogP contribution in [0.3, 0.4) is 0 Å². The number of hydrogen-bond acceptors (Lipinski definition) is 5. The van der Waals surface area contributed by atoms with E-state index < -0.39 is 0 Å². The molecule has 0 aromatic carbocycles. The molecule has 2 unspecified atom stereocenters. The van der Waals surface area contributed by atoms with E-state index >= 15 is 0 Å². The summed E-state index contributed by atoms with van der Waals surface area (Å²) < 4.78 is 0. The van der Waals surface area contributed by atoms with Crippen molar-refractivity contribution in [3.05, 3.63) is 22.8 Å². The summed E-state index contributed by atoms with van der Waals surface area (Å²) in [4.78, 5) is 8.47. The Morgan fingerprint density at radius 3 is 2.84 bits per heavy atom. The van der Waals surface area contributed by atoms with Gasteiger partial charge < -0.3 is 20.0 Å². The van der Waals surface area contributed by atoms with Gasteiger partial charge in [-0.3, -0.25) is 0 Å². The molecular formula is C13H20ClN3O2. The van der Waals surface area contributed by atoms with Gasteiger partial charge in [0.1, 0.15) is 5.82 Å². The average molecular weight is 286 g/mol. The highest BCUT2D eigenvalue weighted by molar-refractivity contribution is 6.33. The molecule has 1 aromatic heterocycles. The van der Waals surface area contributed by atoms with E-state index in [9.17, 15) is 5.11 Å². The van der Waals surface area contributed by atoms with Gasteiger partial charge in [0.2, 0.25) is 0 Å². The Morgan fingerprint density at radius 2 is 2.26 bits per heavy atom. The summed E-state index contributed by atoms with van der Waals surface area (Å²) in [6, 6.07) is 1.93. The van der Waals surface area contributed by atoms with Crippen LogP contribution in [0.15, 0.2) is 12.3 Å². The first-order valence-electron chi connectivity index (χ1n) is 6.36. The minimum absolute atomic E-state index is 0.0727. The zero-order valence-electron chi connectivity index (χ0n) is 11.3. The molecule has 2 atom stereocenters. The summed E-state index contributed by atoms with van der Waals surface area (Å²) in [5.41, 5.74) is 0.692. The number of likely N-dealkylation sites (N-methyl/N-ethyl adjacent to an activating group) is 1. The Bertz CT molecular complexity index is 442. The van der Waals surface area contributed by atoms with Crippen LogP contribution in [0, 0.1) is 0 Å². The van der Waals surface area contributed by atoms with E-state index in [2.05, 4.69) is 9.88 Å². The van der Waals surface area contributed by atoms with Gasteiger partial charge in [-0.25, -0.2) is 4.98 Å². The van der Waals surface area contributed by atoms with E-state index in [4.69, 9.17) is 16.7 Å². The molecule has 2 N–H and O–H groups in total. The van der Waals surface area contributed by atoms with Crippen LogP contribution < -0.4 is 4.90 Å². The minimum Gasteiger partial charge on any atom is -0.392 e. The fourth-order valence-electron chi connectivity index (χ4n) is 2.51. The van der Waals surface area contributed by atoms with Gasteiger partial charge in [0, 0.05) is 25.3 Å². The maximum Gasteiger partial charge on any atom is 0.147 e. The number of nitrogens with zero attached hydrogens (tertiary/aromatic N) is 3. The van der Waals surface area contributed by atoms with Crippen molar-refractivity contribution >= 4 is 17.4 Å². The molecule has 0 spiro atoms. The lowest BCUT2D eigenvalue weighted by molar-refractivity contribution is 0.191. The zero-order valence-corrected chi connectivity index (χ0v) is 12.0. The van der Waals surface area contributed by atoms with Crippen molar-refractivity contribution in [2.75, 3.05) is 32.1 Å². The predicted molar refractivity (Wildman–Crippen MR) is 75.5 cm³/mol. The van der Waals surface area contributed by atoms with Gasteiger partial charge in [-0.1, -0.05) is 11.6 Å². The van der Waals surface area contributed by atoms with E-state index in [0.717, 1.165) is 13.0 Å². The van der Waals surface area contributed by atoms with Crippen LogP contribution in [0.2, 0.25) is 5.02 Å². The molecule has 0 amide bonds. The fraction of sp³-hybridized carbons (Fsp3) is 0.615. The molecule has 2 rings (SSSR count). The molecule has 5 nitrogen and oxygen atoms in total. The standard InChI is InChI=1S/C13H20ClN3O2/c1-16(2)6-10-4-11(19)7-17(10)13-12(14)3-9(8-18)5-15-13/h3,5,10-11,18-19H,4,6-8H2,1-2H3. The molecule has 1 saturated heterocycles. The van der Waals surface area contributed by atoms with Gasteiger partial charge in [-0.05, 0) is 32.1 Å². The van der Waals surface area contributed by atoms with Crippen molar-refractivity contribution in [1.82, 2.24) is 9.88 Å². The second-order valence-electron chi connectivity index (χ2n) is 5.27. The van der Waals surface area contributed by atoms with Gasteiger partial charge in [0.25, 0.3) is 0 Å². The first-order valence-corrected chi connectivity index (χ1v) is 6.73. The molecule has 0 bridgehead atoms. The molecule has 19 heavy (non-hydrogen) atoms. The van der Waals surface area contributed by atoms with Crippen LogP contribution >= 0.6 is 11.6 Å². The number of β-amino-alcohol motifs (C(OH)–C–C–N with tert-alkyl or cyclic N) is 1. The largest absolute Gasteiger partial charge is 0.392 e. The summed E-state index contributed by atoms with van der Waals surface area (Å²) in [6.45, 7) is 1.32. The Hall–Kier alpha value is -0.880. The first kappa shape index (κ1) is 14.5. The van der Waals surface area contributed by atoms with Gasteiger partial charge >= 0.3 is 0 Å². The molecule has 6 heteroatoms. The third-order valence-electron chi connectivity index (χ3n) is 3.30. The lowest BCUT2D eigenvalue weighted by Gasteiger charge is -2.28. The number of hydrogen-bond donors (Lipinski definition) is 2. The molecule has 106 valence electrons. The van der Waals surface area contributed by atoms with Gasteiger partial charge in [-0.2, -0.15) is 0 Å². The van der Waals surface area contributed by atoms with Crippen molar-refractivity contribution in [3.63, 3.8) is 0 Å². The smallest absolute Gasteiger partial charge is 0.147 e. The third-order valence-corrected chi connectivity index (χ3v) is 3.58. The van der Waals surface area contributed by atoms with Gasteiger partial charge in [-0.15, -0.1) is 0 Å². The van der Waals surface area contributed by atoms with Crippen LogP contribution in [0.25, 0.3) is 0 Å². The number of rotatable bonds is 4. The SMILES string of the molecule is CN(C)CC1CC(O)CN1c1ncc(CO)cc1Cl. The van der Waals surface area contributed by atoms with Crippen molar-refractivity contribution in [3.8, 4) is 0 Å². The monoisotopic (exact) mass is 285 g/mol. The van der Waals surface area contributed by atoms with Crippen LogP contribution in [-0.4, -0.2) is 59.4 Å². The highest BCUT2D eigenvalue weighted by Crippen LogP contribution is 2.30. The Morgan fingerprint density at radius 1 is 1.53 bits per heavy atom. The number of aliphatic hydroxyl groups is 2. The highest BCUT2D eigenvalue weighted by atomic mass is 35.5. The van der Waals surface area contributed by atoms with E-state index in [1.54, 1.807) is 12.3 Å². The Labute approximate surface area is 118 Å². The minimum atomic E-state index is -0.347. The number of aromatic nitrogens is 1. The molecule has 1 aromatic rings. The summed E-state index contributed by atoms with van der Waals surface area (Å²) >= 11 is 6.23. The van der Waals surface area contributed by atoms with E-state index in [0.29, 0.717) is 22.9 Å². The molecule has 1 fully saturated rings. The summed E-state index contributed by atoms with van der Waals surface area (Å²) in [6.07, 6.45) is 2.00.